The molecule has 2 aliphatic rings. The second kappa shape index (κ2) is 18.6. The van der Waals surface area contributed by atoms with E-state index in [9.17, 15) is 9.59 Å². The van der Waals surface area contributed by atoms with Gasteiger partial charge < -0.3 is 38.8 Å². The summed E-state index contributed by atoms with van der Waals surface area (Å²) < 4.78 is 27.2. The summed E-state index contributed by atoms with van der Waals surface area (Å²) >= 11 is 0. The molecule has 0 unspecified atom stereocenters. The summed E-state index contributed by atoms with van der Waals surface area (Å²) in [7, 11) is 3.34. The molecule has 3 aromatic carbocycles. The highest BCUT2D eigenvalue weighted by molar-refractivity contribution is 5.95. The van der Waals surface area contributed by atoms with E-state index in [1.165, 1.54) is 11.3 Å². The fraction of sp³-hybridized carbons (Fsp3) is 0.444. The van der Waals surface area contributed by atoms with Gasteiger partial charge in [-0.25, -0.2) is 0 Å². The minimum atomic E-state index is -0.136. The van der Waals surface area contributed by atoms with Gasteiger partial charge in [0.05, 0.1) is 47.1 Å². The van der Waals surface area contributed by atoms with Gasteiger partial charge in [0.15, 0.2) is 0 Å². The number of hydrogen-bond donors (Lipinski definition) is 1. The molecule has 1 fully saturated rings. The quantitative estimate of drug-likeness (QED) is 0.194. The molecular formula is C36H47N3O7. The van der Waals surface area contributed by atoms with Crippen molar-refractivity contribution in [1.29, 1.82) is 0 Å². The monoisotopic (exact) mass is 633 g/mol. The van der Waals surface area contributed by atoms with Gasteiger partial charge in [0.1, 0.15) is 23.9 Å². The lowest BCUT2D eigenvalue weighted by molar-refractivity contribution is -0.142. The van der Waals surface area contributed by atoms with E-state index in [1.807, 2.05) is 61.5 Å². The smallest absolute Gasteiger partial charge is 0.305 e. The first-order valence-electron chi connectivity index (χ1n) is 16.0. The van der Waals surface area contributed by atoms with Crippen LogP contribution >= 0.6 is 0 Å². The molecular weight excluding hydrogens is 586 g/mol. The van der Waals surface area contributed by atoms with E-state index >= 15 is 0 Å². The maximum Gasteiger partial charge on any atom is 0.305 e. The zero-order valence-electron chi connectivity index (χ0n) is 27.3. The fourth-order valence-corrected chi connectivity index (χ4v) is 5.32. The van der Waals surface area contributed by atoms with Gasteiger partial charge in [-0.2, -0.15) is 0 Å². The topological polar surface area (TPSA) is 98.8 Å². The van der Waals surface area contributed by atoms with Gasteiger partial charge in [0, 0.05) is 55.5 Å². The maximum absolute atomic E-state index is 11.9. The number of carbonyl (C=O) groups excluding carboxylic acids is 2. The fourth-order valence-electron chi connectivity index (χ4n) is 5.32. The van der Waals surface area contributed by atoms with Gasteiger partial charge in [0.2, 0.25) is 5.91 Å². The molecule has 10 nitrogen and oxygen atoms in total. The molecule has 0 bridgehead atoms. The number of nitrogens with zero attached hydrogens (tertiary/aromatic N) is 2. The lowest BCUT2D eigenvalue weighted by Crippen LogP contribution is -2.48. The summed E-state index contributed by atoms with van der Waals surface area (Å²) in [6.07, 6.45) is 3.48. The van der Waals surface area contributed by atoms with Crippen LogP contribution in [0.2, 0.25) is 0 Å². The number of rotatable bonds is 14. The van der Waals surface area contributed by atoms with Crippen LogP contribution in [0.15, 0.2) is 66.7 Å². The predicted molar refractivity (Wildman–Crippen MR) is 179 cm³/mol. The van der Waals surface area contributed by atoms with E-state index in [0.717, 1.165) is 67.4 Å². The highest BCUT2D eigenvalue weighted by atomic mass is 16.5. The summed E-state index contributed by atoms with van der Waals surface area (Å²) in [5.41, 5.74) is 4.50. The molecule has 0 radical (unpaired) electrons. The first kappa shape index (κ1) is 34.6. The molecule has 1 amide bonds. The second-order valence-corrected chi connectivity index (χ2v) is 10.9. The Morgan fingerprint density at radius 1 is 0.913 bits per heavy atom. The predicted octanol–water partition coefficient (Wildman–Crippen LogP) is 5.02. The summed E-state index contributed by atoms with van der Waals surface area (Å²) in [5.74, 6) is 2.48. The average Bonchev–Trinajstić information content (AvgIpc) is 3.10. The molecule has 0 atom stereocenters. The Bertz CT molecular complexity index is 1380. The third-order valence-corrected chi connectivity index (χ3v) is 7.81. The van der Waals surface area contributed by atoms with E-state index in [4.69, 9.17) is 23.7 Å². The van der Waals surface area contributed by atoms with E-state index < -0.39 is 0 Å². The molecule has 0 spiro atoms. The third-order valence-electron chi connectivity index (χ3n) is 7.81. The van der Waals surface area contributed by atoms with Crippen molar-refractivity contribution in [1.82, 2.24) is 5.32 Å². The van der Waals surface area contributed by atoms with Gasteiger partial charge in [0.25, 0.3) is 0 Å². The van der Waals surface area contributed by atoms with Crippen LogP contribution in [0.4, 0.5) is 11.4 Å². The van der Waals surface area contributed by atoms with Crippen LogP contribution in [0.3, 0.4) is 0 Å². The molecule has 0 saturated carbocycles. The highest BCUT2D eigenvalue weighted by Crippen LogP contribution is 2.30. The van der Waals surface area contributed by atoms with Crippen LogP contribution < -0.4 is 29.3 Å². The number of methoxy groups -OCH3 is 2. The van der Waals surface area contributed by atoms with Gasteiger partial charge in [-0.15, -0.1) is 0 Å². The van der Waals surface area contributed by atoms with E-state index in [0.29, 0.717) is 45.9 Å². The second-order valence-electron chi connectivity index (χ2n) is 10.9. The van der Waals surface area contributed by atoms with E-state index in [2.05, 4.69) is 22.3 Å². The number of hydrogen-bond acceptors (Lipinski definition) is 9. The first-order chi connectivity index (χ1) is 22.5. The van der Waals surface area contributed by atoms with Crippen LogP contribution in [0.1, 0.15) is 37.3 Å². The Kier molecular flexibility index (Phi) is 14.0. The van der Waals surface area contributed by atoms with Gasteiger partial charge in [-0.1, -0.05) is 31.2 Å². The maximum atomic E-state index is 11.9. The summed E-state index contributed by atoms with van der Waals surface area (Å²) in [6.45, 7) is 7.64. The molecule has 1 N–H and O–H groups in total. The summed E-state index contributed by atoms with van der Waals surface area (Å²) in [4.78, 5) is 27.1. The van der Waals surface area contributed by atoms with E-state index in [-0.39, 0.29) is 11.9 Å². The normalized spacial score (nSPS) is 14.1. The van der Waals surface area contributed by atoms with Crippen molar-refractivity contribution in [3.8, 4) is 17.2 Å². The first-order valence-corrected chi connectivity index (χ1v) is 16.0. The van der Waals surface area contributed by atoms with Crippen molar-refractivity contribution < 1.29 is 33.3 Å². The molecule has 46 heavy (non-hydrogen) atoms. The van der Waals surface area contributed by atoms with E-state index in [1.54, 1.807) is 19.1 Å². The Morgan fingerprint density at radius 2 is 1.72 bits per heavy atom. The van der Waals surface area contributed by atoms with Crippen molar-refractivity contribution in [2.75, 3.05) is 76.6 Å². The Hall–Kier alpha value is -4.28. The van der Waals surface area contributed by atoms with Crippen molar-refractivity contribution in [3.05, 3.63) is 77.9 Å². The number of carbonyl (C=O) groups is 2. The lowest BCUT2D eigenvalue weighted by atomic mass is 10.0. The largest absolute Gasteiger partial charge is 0.497 e. The van der Waals surface area contributed by atoms with Crippen molar-refractivity contribution in [2.24, 2.45) is 0 Å². The van der Waals surface area contributed by atoms with Gasteiger partial charge in [-0.3, -0.25) is 9.59 Å². The third kappa shape index (κ3) is 10.4. The van der Waals surface area contributed by atoms with Gasteiger partial charge in [-0.05, 0) is 54.8 Å². The molecule has 3 aromatic rings. The number of ether oxygens (including phenoxy) is 5. The highest BCUT2D eigenvalue weighted by Gasteiger charge is 2.19. The zero-order valence-corrected chi connectivity index (χ0v) is 27.3. The molecule has 0 aliphatic carbocycles. The SMILES string of the molecule is CCC(=O)OCCN1CCCc2ccc(OC)cc21.COc1ccccc1COCCCOc1ccc(N2CCNCC2=O)cc1. The number of fused-ring (bicyclic) bond motifs is 1. The number of benzene rings is 3. The lowest BCUT2D eigenvalue weighted by Gasteiger charge is -2.31. The molecule has 2 heterocycles. The minimum Gasteiger partial charge on any atom is -0.497 e. The number of anilines is 2. The van der Waals surface area contributed by atoms with Crippen LogP contribution in [-0.2, 0) is 32.1 Å². The van der Waals surface area contributed by atoms with Gasteiger partial charge >= 0.3 is 5.97 Å². The number of nitrogens with one attached hydrogen (secondary N) is 1. The molecule has 10 heteroatoms. The Balaban J connectivity index is 0.000000222. The number of amides is 1. The molecule has 248 valence electrons. The van der Waals surface area contributed by atoms with Crippen LogP contribution in [0.5, 0.6) is 17.2 Å². The number of esters is 1. The van der Waals surface area contributed by atoms with Crippen LogP contribution in [0.25, 0.3) is 0 Å². The minimum absolute atomic E-state index is 0.0992. The Labute approximate surface area is 272 Å². The Morgan fingerprint density at radius 3 is 2.48 bits per heavy atom. The molecule has 0 aromatic heterocycles. The molecule has 2 aliphatic heterocycles. The molecule has 5 rings (SSSR count). The van der Waals surface area contributed by atoms with Crippen LogP contribution in [0, 0.1) is 0 Å². The zero-order chi connectivity index (χ0) is 32.6. The standard InChI is InChI=1S/C21H26N2O4.C15H21NO3/c1-25-20-6-3-2-5-17(20)16-26-13-4-14-27-19-9-7-18(8-10-19)23-12-11-22-15-21(23)24;1-3-15(17)19-10-9-16-8-4-5-12-6-7-13(18-2)11-14(12)16/h2-3,5-10,22H,4,11-16H2,1H3;6-7,11H,3-5,8-10H2,1-2H3. The summed E-state index contributed by atoms with van der Waals surface area (Å²) in [6, 6.07) is 21.7. The summed E-state index contributed by atoms with van der Waals surface area (Å²) in [5, 5.41) is 3.07. The number of aryl methyl sites for hydroxylation is 1. The van der Waals surface area contributed by atoms with Crippen molar-refractivity contribution in [3.63, 3.8) is 0 Å². The van der Waals surface area contributed by atoms with Crippen LogP contribution in [-0.4, -0.2) is 78.6 Å². The molecule has 1 saturated heterocycles. The number of para-hydroxylation sites is 1. The average molecular weight is 634 g/mol. The van der Waals surface area contributed by atoms with Crippen molar-refractivity contribution in [2.45, 2.75) is 39.2 Å². The van der Waals surface area contributed by atoms with Crippen molar-refractivity contribution >= 4 is 23.3 Å². The number of piperazine rings is 1.